The van der Waals surface area contributed by atoms with Crippen LogP contribution in [0, 0.1) is 0 Å². The smallest absolute Gasteiger partial charge is 0.261 e. The number of likely N-dealkylation sites (tertiary alicyclic amines) is 1. The zero-order valence-corrected chi connectivity index (χ0v) is 14.3. The summed E-state index contributed by atoms with van der Waals surface area (Å²) in [5.74, 6) is 1.08. The highest BCUT2D eigenvalue weighted by Gasteiger charge is 2.09. The van der Waals surface area contributed by atoms with E-state index < -0.39 is 10.1 Å². The van der Waals surface area contributed by atoms with Crippen molar-refractivity contribution in [2.24, 2.45) is 0 Å². The fraction of sp³-hybridized carbons (Fsp3) is 0.667. The molecule has 1 aliphatic rings. The summed E-state index contributed by atoms with van der Waals surface area (Å²) < 4.78 is 25.9. The van der Waals surface area contributed by atoms with Gasteiger partial charge in [-0.25, -0.2) is 0 Å². The molecule has 0 bridgehead atoms. The number of halogens is 1. The van der Waals surface area contributed by atoms with Crippen molar-refractivity contribution in [3.63, 3.8) is 0 Å². The molecule has 1 fully saturated rings. The lowest BCUT2D eigenvalue weighted by atomic mass is 10.1. The molecule has 2 rings (SSSR count). The van der Waals surface area contributed by atoms with Gasteiger partial charge in [0.15, 0.2) is 5.15 Å². The van der Waals surface area contributed by atoms with Crippen LogP contribution < -0.4 is 0 Å². The van der Waals surface area contributed by atoms with E-state index in [2.05, 4.69) is 15.1 Å². The molecular weight excluding hydrogens is 334 g/mol. The molecule has 1 aromatic rings. The predicted octanol–water partition coefficient (Wildman–Crippen LogP) is 2.21. The number of hydrogen-bond donors (Lipinski definition) is 1. The largest absolute Gasteiger partial charge is 0.303 e. The molecule has 0 saturated carbocycles. The topological polar surface area (TPSA) is 83.4 Å². The summed E-state index contributed by atoms with van der Waals surface area (Å²) in [5.41, 5.74) is 0. The molecule has 0 unspecified atom stereocenters. The molecule has 1 aromatic heterocycles. The number of rotatable bonds is 4. The lowest BCUT2D eigenvalue weighted by molar-refractivity contribution is 0.242. The summed E-state index contributed by atoms with van der Waals surface area (Å²) in [4.78, 5) is 2.53. The van der Waals surface area contributed by atoms with Gasteiger partial charge in [0.2, 0.25) is 0 Å². The maximum absolute atomic E-state index is 9.19. The van der Waals surface area contributed by atoms with Crippen LogP contribution in [-0.4, -0.2) is 59.7 Å². The van der Waals surface area contributed by atoms with E-state index >= 15 is 0 Å². The average Bonchev–Trinajstić information content (AvgIpc) is 2.40. The highest BCUT2D eigenvalue weighted by Crippen LogP contribution is 2.16. The second-order valence-electron chi connectivity index (χ2n) is 4.68. The van der Waals surface area contributed by atoms with E-state index in [1.54, 1.807) is 17.8 Å². The Balaban J connectivity index is 0.000000383. The highest BCUT2D eigenvalue weighted by atomic mass is 35.5. The lowest BCUT2D eigenvalue weighted by Gasteiger charge is -2.25. The van der Waals surface area contributed by atoms with Crippen molar-refractivity contribution in [2.45, 2.75) is 24.3 Å². The normalized spacial score (nSPS) is 16.1. The molecule has 0 atom stereocenters. The molecule has 1 saturated heterocycles. The van der Waals surface area contributed by atoms with Gasteiger partial charge in [-0.05, 0) is 38.1 Å². The van der Waals surface area contributed by atoms with Gasteiger partial charge >= 0.3 is 0 Å². The van der Waals surface area contributed by atoms with Crippen LogP contribution in [0.2, 0.25) is 5.15 Å². The summed E-state index contributed by atoms with van der Waals surface area (Å²) in [7, 11) is -3.67. The Morgan fingerprint density at radius 2 is 1.90 bits per heavy atom. The molecule has 0 amide bonds. The SMILES string of the molecule is CS(=O)(=O)O.Clc1ccc(SCCN2CCCCC2)nn1. The number of thioether (sulfide) groups is 1. The van der Waals surface area contributed by atoms with E-state index in [-0.39, 0.29) is 0 Å². The Kier molecular flexibility index (Phi) is 8.50. The summed E-state index contributed by atoms with van der Waals surface area (Å²) >= 11 is 7.43. The minimum atomic E-state index is -3.67. The molecule has 9 heteroatoms. The average molecular weight is 354 g/mol. The summed E-state index contributed by atoms with van der Waals surface area (Å²) in [5, 5.41) is 9.27. The van der Waals surface area contributed by atoms with Crippen LogP contribution in [-0.2, 0) is 10.1 Å². The van der Waals surface area contributed by atoms with Gasteiger partial charge in [0, 0.05) is 12.3 Å². The first kappa shape index (κ1) is 18.6. The van der Waals surface area contributed by atoms with E-state index in [4.69, 9.17) is 16.2 Å². The highest BCUT2D eigenvalue weighted by molar-refractivity contribution is 7.99. The molecule has 6 nitrogen and oxygen atoms in total. The standard InChI is InChI=1S/C11H16ClN3S.CH4O3S/c12-10-4-5-11(14-13-10)16-9-8-15-6-2-1-3-7-15;1-5(2,3)4/h4-5H,1-3,6-9H2;1H3,(H,2,3,4). The third-order valence-corrected chi connectivity index (χ3v) is 3.82. The van der Waals surface area contributed by atoms with E-state index in [1.165, 1.54) is 32.4 Å². The quantitative estimate of drug-likeness (QED) is 0.656. The summed E-state index contributed by atoms with van der Waals surface area (Å²) in [6.07, 6.45) is 4.82. The molecule has 1 aliphatic heterocycles. The van der Waals surface area contributed by atoms with Crippen LogP contribution in [0.25, 0.3) is 0 Å². The first-order valence-electron chi connectivity index (χ1n) is 6.61. The summed E-state index contributed by atoms with van der Waals surface area (Å²) in [6.45, 7) is 3.66. The van der Waals surface area contributed by atoms with Crippen LogP contribution in [0.1, 0.15) is 19.3 Å². The minimum Gasteiger partial charge on any atom is -0.303 e. The third kappa shape index (κ3) is 10.9. The van der Waals surface area contributed by atoms with Crippen LogP contribution in [0.3, 0.4) is 0 Å². The van der Waals surface area contributed by atoms with Crippen molar-refractivity contribution >= 4 is 33.5 Å². The molecule has 0 radical (unpaired) electrons. The van der Waals surface area contributed by atoms with Crippen molar-refractivity contribution in [3.05, 3.63) is 17.3 Å². The Morgan fingerprint density at radius 1 is 1.29 bits per heavy atom. The van der Waals surface area contributed by atoms with Gasteiger partial charge in [-0.3, -0.25) is 4.55 Å². The van der Waals surface area contributed by atoms with Gasteiger partial charge in [0.25, 0.3) is 10.1 Å². The zero-order chi connectivity index (χ0) is 15.7. The van der Waals surface area contributed by atoms with Crippen molar-refractivity contribution < 1.29 is 13.0 Å². The van der Waals surface area contributed by atoms with Gasteiger partial charge < -0.3 is 4.90 Å². The molecular formula is C12H20ClN3O3S2. The van der Waals surface area contributed by atoms with Gasteiger partial charge in [0.05, 0.1) is 6.26 Å². The first-order valence-corrected chi connectivity index (χ1v) is 9.82. The number of aromatic nitrogens is 2. The van der Waals surface area contributed by atoms with Gasteiger partial charge in [0.1, 0.15) is 5.03 Å². The molecule has 0 spiro atoms. The second kappa shape index (κ2) is 9.58. The number of piperidine rings is 1. The van der Waals surface area contributed by atoms with E-state index in [0.717, 1.165) is 17.3 Å². The molecule has 0 aliphatic carbocycles. The van der Waals surface area contributed by atoms with E-state index in [9.17, 15) is 8.42 Å². The predicted molar refractivity (Wildman–Crippen MR) is 85.5 cm³/mol. The monoisotopic (exact) mass is 353 g/mol. The van der Waals surface area contributed by atoms with Gasteiger partial charge in [-0.2, -0.15) is 8.42 Å². The van der Waals surface area contributed by atoms with Crippen molar-refractivity contribution in [3.8, 4) is 0 Å². The zero-order valence-electron chi connectivity index (χ0n) is 11.9. The van der Waals surface area contributed by atoms with Crippen LogP contribution in [0.15, 0.2) is 17.2 Å². The third-order valence-electron chi connectivity index (χ3n) is 2.71. The number of nitrogens with zero attached hydrogens (tertiary/aromatic N) is 3. The Bertz CT molecular complexity index is 497. The van der Waals surface area contributed by atoms with E-state index in [0.29, 0.717) is 11.4 Å². The van der Waals surface area contributed by atoms with Gasteiger partial charge in [-0.1, -0.05) is 18.0 Å². The first-order chi connectivity index (χ1) is 9.84. The maximum atomic E-state index is 9.19. The van der Waals surface area contributed by atoms with Crippen molar-refractivity contribution in [2.75, 3.05) is 31.6 Å². The molecule has 120 valence electrons. The van der Waals surface area contributed by atoms with Crippen LogP contribution in [0.5, 0.6) is 0 Å². The number of hydrogen-bond acceptors (Lipinski definition) is 6. The maximum Gasteiger partial charge on any atom is 0.261 e. The molecule has 2 heterocycles. The Labute approximate surface area is 135 Å². The second-order valence-corrected chi connectivity index (χ2v) is 7.65. The Morgan fingerprint density at radius 3 is 2.43 bits per heavy atom. The van der Waals surface area contributed by atoms with Crippen molar-refractivity contribution in [1.29, 1.82) is 0 Å². The molecule has 0 aromatic carbocycles. The lowest BCUT2D eigenvalue weighted by Crippen LogP contribution is -2.31. The summed E-state index contributed by atoms with van der Waals surface area (Å²) in [6, 6.07) is 3.72. The van der Waals surface area contributed by atoms with Crippen LogP contribution in [0.4, 0.5) is 0 Å². The van der Waals surface area contributed by atoms with E-state index in [1.807, 2.05) is 6.07 Å². The van der Waals surface area contributed by atoms with Crippen molar-refractivity contribution in [1.82, 2.24) is 15.1 Å². The van der Waals surface area contributed by atoms with Gasteiger partial charge in [-0.15, -0.1) is 22.0 Å². The molecule has 1 N–H and O–H groups in total. The minimum absolute atomic E-state index is 0.459. The fourth-order valence-corrected chi connectivity index (χ4v) is 2.77. The molecule has 21 heavy (non-hydrogen) atoms. The Hall–Kier alpha value is -0.410. The van der Waals surface area contributed by atoms with Crippen LogP contribution >= 0.6 is 23.4 Å². The fourth-order valence-electron chi connectivity index (χ4n) is 1.84.